The summed E-state index contributed by atoms with van der Waals surface area (Å²) < 4.78 is 5.29. The van der Waals surface area contributed by atoms with Crippen LogP contribution in [-0.2, 0) is 14.3 Å². The normalized spacial score (nSPS) is 14.4. The number of nitrogens with one attached hydrogen (secondary N) is 2. The quantitative estimate of drug-likeness (QED) is 0.486. The molecular formula is C28H36ClN3O4. The maximum absolute atomic E-state index is 14.0. The van der Waals surface area contributed by atoms with E-state index >= 15 is 0 Å². The smallest absolute Gasteiger partial charge is 0.408 e. The van der Waals surface area contributed by atoms with Gasteiger partial charge in [-0.3, -0.25) is 9.59 Å². The number of benzene rings is 2. The summed E-state index contributed by atoms with van der Waals surface area (Å²) in [5.74, 6) is -0.689. The van der Waals surface area contributed by atoms with E-state index in [9.17, 15) is 14.4 Å². The Hall–Kier alpha value is -3.06. The average Bonchev–Trinajstić information content (AvgIpc) is 2.73. The zero-order valence-electron chi connectivity index (χ0n) is 21.9. The van der Waals surface area contributed by atoms with Crippen molar-refractivity contribution < 1.29 is 19.1 Å². The summed E-state index contributed by atoms with van der Waals surface area (Å²) in [6.45, 7) is 10.7. The van der Waals surface area contributed by atoms with Crippen molar-refractivity contribution in [2.45, 2.75) is 78.5 Å². The summed E-state index contributed by atoms with van der Waals surface area (Å²) in [7, 11) is 0. The van der Waals surface area contributed by atoms with E-state index < -0.39 is 17.7 Å². The van der Waals surface area contributed by atoms with E-state index in [2.05, 4.69) is 10.6 Å². The van der Waals surface area contributed by atoms with Crippen LogP contribution in [0.25, 0.3) is 0 Å². The van der Waals surface area contributed by atoms with Gasteiger partial charge < -0.3 is 20.3 Å². The number of anilines is 1. The van der Waals surface area contributed by atoms with E-state index in [-0.39, 0.29) is 24.4 Å². The van der Waals surface area contributed by atoms with Gasteiger partial charge in [-0.2, -0.15) is 0 Å². The summed E-state index contributed by atoms with van der Waals surface area (Å²) in [6, 6.07) is 10.2. The summed E-state index contributed by atoms with van der Waals surface area (Å²) in [4.78, 5) is 41.5. The van der Waals surface area contributed by atoms with Gasteiger partial charge in [0, 0.05) is 6.04 Å². The summed E-state index contributed by atoms with van der Waals surface area (Å²) in [6.07, 6.45) is 1.87. The van der Waals surface area contributed by atoms with E-state index in [4.69, 9.17) is 16.3 Å². The summed E-state index contributed by atoms with van der Waals surface area (Å²) in [5, 5.41) is 5.98. The first-order valence-corrected chi connectivity index (χ1v) is 12.7. The molecule has 8 heteroatoms. The molecule has 0 bridgehead atoms. The molecule has 2 N–H and O–H groups in total. The zero-order chi connectivity index (χ0) is 26.6. The number of rotatable bonds is 7. The molecule has 1 atom stereocenters. The fraction of sp³-hybridized carbons (Fsp3) is 0.464. The largest absolute Gasteiger partial charge is 0.444 e. The van der Waals surface area contributed by atoms with Gasteiger partial charge in [-0.1, -0.05) is 41.9 Å². The van der Waals surface area contributed by atoms with Crippen LogP contribution in [0.2, 0.25) is 5.02 Å². The molecule has 0 aliphatic heterocycles. The highest BCUT2D eigenvalue weighted by Gasteiger charge is 2.40. The van der Waals surface area contributed by atoms with Crippen LogP contribution >= 0.6 is 11.6 Å². The Kier molecular flexibility index (Phi) is 8.67. The Morgan fingerprint density at radius 3 is 2.14 bits per heavy atom. The molecule has 1 saturated carbocycles. The minimum Gasteiger partial charge on any atom is -0.444 e. The monoisotopic (exact) mass is 513 g/mol. The third-order valence-electron chi connectivity index (χ3n) is 6.35. The highest BCUT2D eigenvalue weighted by Crippen LogP contribution is 2.37. The number of aryl methyl sites for hydroxylation is 3. The first kappa shape index (κ1) is 27.5. The SMILES string of the molecule is Cc1cccc(Cl)c1NC(=O)C(c1c(C)cccc1C)N(C(=O)CNC(=O)OC(C)(C)C)C1CCC1. The molecule has 2 aromatic carbocycles. The van der Waals surface area contributed by atoms with Crippen LogP contribution in [0.4, 0.5) is 10.5 Å². The number of amides is 3. The van der Waals surface area contributed by atoms with Gasteiger partial charge in [0.05, 0.1) is 10.7 Å². The molecule has 7 nitrogen and oxygen atoms in total. The Morgan fingerprint density at radius 2 is 1.61 bits per heavy atom. The molecule has 0 radical (unpaired) electrons. The third-order valence-corrected chi connectivity index (χ3v) is 6.67. The second-order valence-electron chi connectivity index (χ2n) is 10.4. The molecule has 194 valence electrons. The predicted octanol–water partition coefficient (Wildman–Crippen LogP) is 5.85. The first-order valence-electron chi connectivity index (χ1n) is 12.3. The van der Waals surface area contributed by atoms with Crippen molar-refractivity contribution in [3.8, 4) is 0 Å². The van der Waals surface area contributed by atoms with Gasteiger partial charge in [-0.15, -0.1) is 0 Å². The van der Waals surface area contributed by atoms with Crippen molar-refractivity contribution in [1.29, 1.82) is 0 Å². The van der Waals surface area contributed by atoms with Crippen molar-refractivity contribution in [3.63, 3.8) is 0 Å². The van der Waals surface area contributed by atoms with Gasteiger partial charge in [0.1, 0.15) is 18.2 Å². The number of carbonyl (C=O) groups is 3. The molecule has 0 saturated heterocycles. The lowest BCUT2D eigenvalue weighted by Gasteiger charge is -2.43. The number of carbonyl (C=O) groups excluding carboxylic acids is 3. The van der Waals surface area contributed by atoms with E-state index in [1.54, 1.807) is 31.7 Å². The van der Waals surface area contributed by atoms with E-state index in [1.807, 2.05) is 51.1 Å². The predicted molar refractivity (Wildman–Crippen MR) is 142 cm³/mol. The van der Waals surface area contributed by atoms with Crippen molar-refractivity contribution >= 4 is 35.2 Å². The standard InChI is InChI=1S/C28H36ClN3O4/c1-17-10-7-11-18(2)23(17)25(26(34)31-24-19(3)12-8-15-21(24)29)32(20-13-9-14-20)22(33)16-30-27(35)36-28(4,5)6/h7-8,10-12,15,20,25H,9,13-14,16H2,1-6H3,(H,30,35)(H,31,34). The lowest BCUT2D eigenvalue weighted by atomic mass is 9.86. The van der Waals surface area contributed by atoms with Crippen molar-refractivity contribution in [2.75, 3.05) is 11.9 Å². The number of hydrogen-bond acceptors (Lipinski definition) is 4. The van der Waals surface area contributed by atoms with E-state index in [1.165, 1.54) is 0 Å². The molecule has 1 aliphatic rings. The number of hydrogen-bond donors (Lipinski definition) is 2. The van der Waals surface area contributed by atoms with Crippen LogP contribution in [0.3, 0.4) is 0 Å². The number of nitrogens with zero attached hydrogens (tertiary/aromatic N) is 1. The molecule has 0 heterocycles. The Balaban J connectivity index is 1.99. The lowest BCUT2D eigenvalue weighted by Crippen LogP contribution is -2.53. The topological polar surface area (TPSA) is 87.7 Å². The van der Waals surface area contributed by atoms with Crippen molar-refractivity contribution in [2.24, 2.45) is 0 Å². The summed E-state index contributed by atoms with van der Waals surface area (Å²) >= 11 is 6.41. The fourth-order valence-corrected chi connectivity index (χ4v) is 4.68. The second kappa shape index (κ2) is 11.3. The minimum absolute atomic E-state index is 0.111. The zero-order valence-corrected chi connectivity index (χ0v) is 22.7. The highest BCUT2D eigenvalue weighted by atomic mass is 35.5. The molecule has 1 aliphatic carbocycles. The molecule has 0 aromatic heterocycles. The maximum atomic E-state index is 14.0. The molecule has 1 unspecified atom stereocenters. The van der Waals surface area contributed by atoms with Crippen LogP contribution in [0, 0.1) is 20.8 Å². The molecule has 36 heavy (non-hydrogen) atoms. The third kappa shape index (κ3) is 6.58. The highest BCUT2D eigenvalue weighted by molar-refractivity contribution is 6.34. The minimum atomic E-state index is -0.889. The van der Waals surface area contributed by atoms with Gasteiger partial charge in [-0.05, 0) is 89.1 Å². The summed E-state index contributed by atoms with van der Waals surface area (Å²) in [5.41, 5.74) is 3.25. The molecule has 3 rings (SSSR count). The number of halogens is 1. The van der Waals surface area contributed by atoms with Crippen LogP contribution in [0.1, 0.15) is 68.3 Å². The molecule has 3 amide bonds. The average molecular weight is 514 g/mol. The van der Waals surface area contributed by atoms with E-state index in [0.717, 1.165) is 41.5 Å². The van der Waals surface area contributed by atoms with Gasteiger partial charge in [0.2, 0.25) is 5.91 Å². The Labute approximate surface area is 218 Å². The van der Waals surface area contributed by atoms with Gasteiger partial charge in [-0.25, -0.2) is 4.79 Å². The first-order chi connectivity index (χ1) is 16.9. The van der Waals surface area contributed by atoms with Gasteiger partial charge in [0.25, 0.3) is 5.91 Å². The van der Waals surface area contributed by atoms with Gasteiger partial charge in [0.15, 0.2) is 0 Å². The molecule has 2 aromatic rings. The lowest BCUT2D eigenvalue weighted by molar-refractivity contribution is -0.143. The van der Waals surface area contributed by atoms with E-state index in [0.29, 0.717) is 10.7 Å². The van der Waals surface area contributed by atoms with Crippen LogP contribution < -0.4 is 10.6 Å². The second-order valence-corrected chi connectivity index (χ2v) is 10.8. The van der Waals surface area contributed by atoms with Crippen LogP contribution in [-0.4, -0.2) is 41.0 Å². The van der Waals surface area contributed by atoms with Crippen molar-refractivity contribution in [3.05, 3.63) is 63.7 Å². The molecule has 1 fully saturated rings. The van der Waals surface area contributed by atoms with Gasteiger partial charge >= 0.3 is 6.09 Å². The maximum Gasteiger partial charge on any atom is 0.408 e. The molecular weight excluding hydrogens is 478 g/mol. The number of alkyl carbamates (subject to hydrolysis) is 1. The number of para-hydroxylation sites is 1. The Morgan fingerprint density at radius 1 is 1.03 bits per heavy atom. The fourth-order valence-electron chi connectivity index (χ4n) is 4.41. The number of ether oxygens (including phenoxy) is 1. The van der Waals surface area contributed by atoms with Crippen LogP contribution in [0.15, 0.2) is 36.4 Å². The molecule has 0 spiro atoms. The van der Waals surface area contributed by atoms with Crippen molar-refractivity contribution in [1.82, 2.24) is 10.2 Å². The Bertz CT molecular complexity index is 1100. The van der Waals surface area contributed by atoms with Crippen LogP contribution in [0.5, 0.6) is 0 Å².